The van der Waals surface area contributed by atoms with Gasteiger partial charge in [0.15, 0.2) is 0 Å². The highest BCUT2D eigenvalue weighted by atomic mass is 31.2. The number of ether oxygens (including phenoxy) is 2. The molecule has 3 aromatic carbocycles. The quantitative estimate of drug-likeness (QED) is 0.454. The van der Waals surface area contributed by atoms with Crippen molar-refractivity contribution in [3.05, 3.63) is 88.5 Å². The van der Waals surface area contributed by atoms with Crippen LogP contribution in [0, 0.1) is 0 Å². The maximum Gasteiger partial charge on any atom is 0.329 e. The van der Waals surface area contributed by atoms with E-state index >= 15 is 0 Å². The highest BCUT2D eigenvalue weighted by molar-refractivity contribution is 7.40. The van der Waals surface area contributed by atoms with E-state index in [2.05, 4.69) is 49.4 Å². The number of hydrogen-bond donors (Lipinski definition) is 1. The first-order valence-electron chi connectivity index (χ1n) is 10.4. The fraction of sp³-hybridized carbons (Fsp3) is 0.280. The van der Waals surface area contributed by atoms with Gasteiger partial charge in [-0.15, -0.1) is 0 Å². The summed E-state index contributed by atoms with van der Waals surface area (Å²) < 4.78 is 22.0. The molecule has 0 radical (unpaired) electrons. The van der Waals surface area contributed by atoms with Gasteiger partial charge in [-0.2, -0.15) is 0 Å². The summed E-state index contributed by atoms with van der Waals surface area (Å²) in [5, 5.41) is 0. The molecule has 1 atom stereocenters. The van der Waals surface area contributed by atoms with Crippen molar-refractivity contribution in [2.24, 2.45) is 0 Å². The second-order valence-corrected chi connectivity index (χ2v) is 8.57. The van der Waals surface area contributed by atoms with Gasteiger partial charge in [-0.05, 0) is 51.9 Å². The molecule has 0 spiro atoms. The lowest BCUT2D eigenvalue weighted by atomic mass is 9.94. The Hall–Kier alpha value is -2.31. The van der Waals surface area contributed by atoms with E-state index in [-0.39, 0.29) is 12.1 Å². The van der Waals surface area contributed by atoms with Crippen LogP contribution in [0.15, 0.2) is 60.7 Å². The molecule has 4 rings (SSSR count). The Morgan fingerprint density at radius 3 is 2.31 bits per heavy atom. The fourth-order valence-electron chi connectivity index (χ4n) is 3.68. The number of aryl methyl sites for hydroxylation is 1. The average Bonchev–Trinajstić information content (AvgIpc) is 2.82. The molecule has 0 aromatic heterocycles. The van der Waals surface area contributed by atoms with Gasteiger partial charge in [0.25, 0.3) is 0 Å². The van der Waals surface area contributed by atoms with Crippen LogP contribution in [0.5, 0.6) is 5.75 Å². The molecular weight excluding hydrogens is 427 g/mol. The summed E-state index contributed by atoms with van der Waals surface area (Å²) in [6.45, 7) is 4.12. The summed E-state index contributed by atoms with van der Waals surface area (Å²) in [6.07, 6.45) is 1.03. The van der Waals surface area contributed by atoms with E-state index in [0.29, 0.717) is 19.8 Å². The standard InChI is InChI=1S/C25H27O5P.H2O/c1-3-18-5-4-6-19(11-18)14-28-15-20-7-9-23-22(12-20)17-29-25-13-21(8-10-24(23)25)16-30-31(26)27-2;/h4-13,26H,3,14-17H2,1-2H3;1H2. The molecule has 1 unspecified atom stereocenters. The van der Waals surface area contributed by atoms with Gasteiger partial charge >= 0.3 is 8.60 Å². The fourth-order valence-corrected chi connectivity index (χ4v) is 4.05. The number of hydrogen-bond acceptors (Lipinski definition) is 5. The summed E-state index contributed by atoms with van der Waals surface area (Å²) in [4.78, 5) is 9.44. The smallest absolute Gasteiger partial charge is 0.329 e. The Balaban J connectivity index is 0.00000289. The van der Waals surface area contributed by atoms with Gasteiger partial charge in [-0.3, -0.25) is 0 Å². The minimum Gasteiger partial charge on any atom is -0.488 e. The third kappa shape index (κ3) is 5.93. The molecule has 170 valence electrons. The molecule has 32 heavy (non-hydrogen) atoms. The molecule has 6 nitrogen and oxygen atoms in total. The Labute approximate surface area is 190 Å². The van der Waals surface area contributed by atoms with Crippen LogP contribution in [0.2, 0.25) is 0 Å². The number of benzene rings is 3. The molecule has 1 aliphatic heterocycles. The molecule has 0 bridgehead atoms. The lowest BCUT2D eigenvalue weighted by Gasteiger charge is -2.22. The van der Waals surface area contributed by atoms with Crippen LogP contribution in [0.3, 0.4) is 0 Å². The molecule has 0 fully saturated rings. The van der Waals surface area contributed by atoms with Gasteiger partial charge in [0.2, 0.25) is 0 Å². The number of rotatable bonds is 9. The van der Waals surface area contributed by atoms with Crippen molar-refractivity contribution in [1.82, 2.24) is 0 Å². The molecule has 1 heterocycles. The van der Waals surface area contributed by atoms with Crippen molar-refractivity contribution in [2.45, 2.75) is 39.8 Å². The maximum absolute atomic E-state index is 9.44. The van der Waals surface area contributed by atoms with Gasteiger partial charge in [-0.1, -0.05) is 55.5 Å². The summed E-state index contributed by atoms with van der Waals surface area (Å²) in [6, 6.07) is 20.9. The molecule has 0 amide bonds. The van der Waals surface area contributed by atoms with Gasteiger partial charge in [0.1, 0.15) is 12.4 Å². The number of fused-ring (bicyclic) bond motifs is 3. The van der Waals surface area contributed by atoms with Crippen LogP contribution in [0.25, 0.3) is 11.1 Å². The molecule has 7 heteroatoms. The van der Waals surface area contributed by atoms with Crippen LogP contribution in [-0.4, -0.2) is 17.5 Å². The molecule has 1 aliphatic rings. The SMILES string of the molecule is CCc1cccc(COCc2ccc3c(c2)COc2cc(COP(O)OC)ccc2-3)c1.O. The lowest BCUT2D eigenvalue weighted by Crippen LogP contribution is -2.07. The summed E-state index contributed by atoms with van der Waals surface area (Å²) in [5.41, 5.74) is 7.99. The second kappa shape index (κ2) is 11.5. The predicted molar refractivity (Wildman–Crippen MR) is 125 cm³/mol. The second-order valence-electron chi connectivity index (χ2n) is 7.47. The minimum absolute atomic E-state index is 0. The van der Waals surface area contributed by atoms with Crippen LogP contribution in [-0.2, 0) is 46.6 Å². The molecule has 3 aromatic rings. The van der Waals surface area contributed by atoms with Crippen LogP contribution in [0.1, 0.15) is 34.7 Å². The lowest BCUT2D eigenvalue weighted by molar-refractivity contribution is 0.107. The van der Waals surface area contributed by atoms with Crippen molar-refractivity contribution < 1.29 is 28.9 Å². The maximum atomic E-state index is 9.44. The van der Waals surface area contributed by atoms with Gasteiger partial charge in [0, 0.05) is 12.7 Å². The van der Waals surface area contributed by atoms with E-state index in [4.69, 9.17) is 18.5 Å². The first-order chi connectivity index (χ1) is 15.2. The highest BCUT2D eigenvalue weighted by Crippen LogP contribution is 2.39. The first-order valence-corrected chi connectivity index (χ1v) is 11.5. The Kier molecular flexibility index (Phi) is 8.76. The highest BCUT2D eigenvalue weighted by Gasteiger charge is 2.18. The molecule has 3 N–H and O–H groups in total. The van der Waals surface area contributed by atoms with Crippen molar-refractivity contribution in [2.75, 3.05) is 7.11 Å². The Morgan fingerprint density at radius 2 is 1.56 bits per heavy atom. The summed E-state index contributed by atoms with van der Waals surface area (Å²) in [5.74, 6) is 0.827. The zero-order chi connectivity index (χ0) is 21.6. The zero-order valence-corrected chi connectivity index (χ0v) is 19.2. The first kappa shape index (κ1) is 24.3. The van der Waals surface area contributed by atoms with Gasteiger partial charge in [0.05, 0.1) is 19.8 Å². The van der Waals surface area contributed by atoms with E-state index < -0.39 is 8.60 Å². The molecule has 0 saturated carbocycles. The van der Waals surface area contributed by atoms with E-state index in [1.165, 1.54) is 23.8 Å². The van der Waals surface area contributed by atoms with Crippen LogP contribution >= 0.6 is 8.60 Å². The van der Waals surface area contributed by atoms with Gasteiger partial charge < -0.3 is 28.9 Å². The van der Waals surface area contributed by atoms with Crippen LogP contribution < -0.4 is 4.74 Å². The topological polar surface area (TPSA) is 88.7 Å². The Morgan fingerprint density at radius 1 is 0.875 bits per heavy atom. The van der Waals surface area contributed by atoms with E-state index in [0.717, 1.165) is 34.4 Å². The zero-order valence-electron chi connectivity index (χ0n) is 18.3. The molecular formula is C25H29O6P. The predicted octanol–water partition coefficient (Wildman–Crippen LogP) is 5.08. The van der Waals surface area contributed by atoms with Crippen molar-refractivity contribution in [3.63, 3.8) is 0 Å². The van der Waals surface area contributed by atoms with Gasteiger partial charge in [-0.25, -0.2) is 0 Å². The normalized spacial score (nSPS) is 12.8. The molecule has 0 saturated heterocycles. The Bertz CT molecular complexity index is 1040. The van der Waals surface area contributed by atoms with E-state index in [9.17, 15) is 4.89 Å². The minimum atomic E-state index is -1.83. The van der Waals surface area contributed by atoms with Crippen molar-refractivity contribution in [1.29, 1.82) is 0 Å². The third-order valence-electron chi connectivity index (χ3n) is 5.32. The largest absolute Gasteiger partial charge is 0.488 e. The van der Waals surface area contributed by atoms with Crippen molar-refractivity contribution in [3.8, 4) is 16.9 Å². The van der Waals surface area contributed by atoms with E-state index in [1.54, 1.807) is 0 Å². The monoisotopic (exact) mass is 456 g/mol. The third-order valence-corrected chi connectivity index (χ3v) is 5.99. The average molecular weight is 456 g/mol. The van der Waals surface area contributed by atoms with E-state index in [1.807, 2.05) is 18.2 Å². The summed E-state index contributed by atoms with van der Waals surface area (Å²) in [7, 11) is -0.416. The van der Waals surface area contributed by atoms with Crippen molar-refractivity contribution >= 4 is 8.60 Å². The molecule has 0 aliphatic carbocycles. The summed E-state index contributed by atoms with van der Waals surface area (Å²) >= 11 is 0. The van der Waals surface area contributed by atoms with Crippen LogP contribution in [0.4, 0.5) is 0 Å².